The predicted molar refractivity (Wildman–Crippen MR) is 71.3 cm³/mol. The fourth-order valence-electron chi connectivity index (χ4n) is 2.01. The average molecular weight is 248 g/mol. The second-order valence-electron chi connectivity index (χ2n) is 5.04. The smallest absolute Gasteiger partial charge is 0.232 e. The highest BCUT2D eigenvalue weighted by Gasteiger charge is 2.30. The molecule has 0 saturated heterocycles. The molecule has 18 heavy (non-hydrogen) atoms. The van der Waals surface area contributed by atoms with E-state index in [-0.39, 0.29) is 17.3 Å². The van der Waals surface area contributed by atoms with Crippen LogP contribution in [0.4, 0.5) is 0 Å². The van der Waals surface area contributed by atoms with Crippen LogP contribution in [0.2, 0.25) is 0 Å². The minimum absolute atomic E-state index is 0.0238. The van der Waals surface area contributed by atoms with Crippen molar-refractivity contribution < 1.29 is 14.7 Å². The van der Waals surface area contributed by atoms with Gasteiger partial charge >= 0.3 is 0 Å². The normalized spacial score (nSPS) is 17.7. The lowest BCUT2D eigenvalue weighted by Gasteiger charge is -2.19. The molecule has 0 fully saturated rings. The summed E-state index contributed by atoms with van der Waals surface area (Å²) in [7, 11) is 0. The molecule has 0 amide bonds. The van der Waals surface area contributed by atoms with Gasteiger partial charge in [0.25, 0.3) is 0 Å². The van der Waals surface area contributed by atoms with Gasteiger partial charge in [0.2, 0.25) is 11.6 Å². The molecule has 1 rings (SSSR count). The Balaban J connectivity index is 2.89. The van der Waals surface area contributed by atoms with Gasteiger partial charge in [0.05, 0.1) is 0 Å². The Kier molecular flexibility index (Phi) is 4.65. The van der Waals surface area contributed by atoms with Crippen molar-refractivity contribution in [3.63, 3.8) is 0 Å². The summed E-state index contributed by atoms with van der Waals surface area (Å²) in [6.45, 7) is 7.55. The van der Waals surface area contributed by atoms with Gasteiger partial charge in [-0.05, 0) is 51.2 Å². The van der Waals surface area contributed by atoms with Crippen molar-refractivity contribution in [3.05, 3.63) is 34.6 Å². The molecule has 1 aliphatic rings. The van der Waals surface area contributed by atoms with E-state index in [1.165, 1.54) is 11.6 Å². The molecule has 1 unspecified atom stereocenters. The van der Waals surface area contributed by atoms with Crippen LogP contribution in [0.5, 0.6) is 0 Å². The molecule has 0 spiro atoms. The zero-order valence-corrected chi connectivity index (χ0v) is 11.4. The van der Waals surface area contributed by atoms with E-state index < -0.39 is 11.6 Å². The highest BCUT2D eigenvalue weighted by Crippen LogP contribution is 2.27. The maximum Gasteiger partial charge on any atom is 0.232 e. The molecule has 0 radical (unpaired) electrons. The molecule has 3 nitrogen and oxygen atoms in total. The molecular formula is C15H20O3. The number of hydrogen-bond acceptors (Lipinski definition) is 3. The van der Waals surface area contributed by atoms with E-state index >= 15 is 0 Å². The molecule has 0 aromatic carbocycles. The van der Waals surface area contributed by atoms with Crippen molar-refractivity contribution in [1.82, 2.24) is 0 Å². The fourth-order valence-corrected chi connectivity index (χ4v) is 2.01. The molecule has 0 aromatic heterocycles. The van der Waals surface area contributed by atoms with E-state index in [4.69, 9.17) is 0 Å². The summed E-state index contributed by atoms with van der Waals surface area (Å²) in [5, 5.41) is 9.93. The molecule has 1 N–H and O–H groups in total. The second-order valence-corrected chi connectivity index (χ2v) is 5.04. The van der Waals surface area contributed by atoms with Crippen LogP contribution in [0.15, 0.2) is 34.6 Å². The van der Waals surface area contributed by atoms with E-state index in [1.54, 1.807) is 6.92 Å². The van der Waals surface area contributed by atoms with Crippen LogP contribution in [-0.2, 0) is 9.59 Å². The Labute approximate surface area is 108 Å². The van der Waals surface area contributed by atoms with E-state index in [9.17, 15) is 14.7 Å². The van der Waals surface area contributed by atoms with Crippen LogP contribution in [0.3, 0.4) is 0 Å². The first-order valence-corrected chi connectivity index (χ1v) is 6.18. The zero-order valence-electron chi connectivity index (χ0n) is 11.4. The number of Topliss-reactive ketones (excluding diaryl/α,β-unsaturated/α-hetero) is 1. The molecule has 98 valence electrons. The third-order valence-corrected chi connectivity index (χ3v) is 3.09. The van der Waals surface area contributed by atoms with Gasteiger partial charge in [0.15, 0.2) is 0 Å². The average Bonchev–Trinajstić information content (AvgIpc) is 2.26. The van der Waals surface area contributed by atoms with Gasteiger partial charge < -0.3 is 5.11 Å². The number of ketones is 2. The van der Waals surface area contributed by atoms with Crippen molar-refractivity contribution >= 4 is 11.6 Å². The van der Waals surface area contributed by atoms with Crippen molar-refractivity contribution in [3.8, 4) is 0 Å². The van der Waals surface area contributed by atoms with Crippen LogP contribution in [0, 0.1) is 5.92 Å². The number of aliphatic hydroxyl groups excluding tert-OH is 1. The summed E-state index contributed by atoms with van der Waals surface area (Å²) >= 11 is 0. The van der Waals surface area contributed by atoms with Crippen LogP contribution in [0.25, 0.3) is 0 Å². The molecule has 1 atom stereocenters. The Morgan fingerprint density at radius 2 is 2.00 bits per heavy atom. The van der Waals surface area contributed by atoms with Gasteiger partial charge in [0, 0.05) is 5.57 Å². The standard InChI is InChI=1S/C15H20O3/c1-9(2)6-5-7-10(3)13-14(17)11(4)8-12(16)15(13)18/h6,8,10,17H,5,7H2,1-4H3. The number of aliphatic hydroxyl groups is 1. The fraction of sp³-hybridized carbons (Fsp3) is 0.467. The lowest BCUT2D eigenvalue weighted by atomic mass is 9.85. The summed E-state index contributed by atoms with van der Waals surface area (Å²) in [5.41, 5.74) is 1.97. The maximum atomic E-state index is 11.8. The predicted octanol–water partition coefficient (Wildman–Crippen LogP) is 3.28. The van der Waals surface area contributed by atoms with Crippen LogP contribution >= 0.6 is 0 Å². The first-order valence-electron chi connectivity index (χ1n) is 6.18. The second kappa shape index (κ2) is 5.80. The Bertz CT molecular complexity index is 460. The summed E-state index contributed by atoms with van der Waals surface area (Å²) < 4.78 is 0. The summed E-state index contributed by atoms with van der Waals surface area (Å²) in [6, 6.07) is 0. The monoisotopic (exact) mass is 248 g/mol. The summed E-state index contributed by atoms with van der Waals surface area (Å²) in [6.07, 6.45) is 4.87. The Morgan fingerprint density at radius 3 is 2.56 bits per heavy atom. The summed E-state index contributed by atoms with van der Waals surface area (Å²) in [5.74, 6) is -1.23. The van der Waals surface area contributed by atoms with Crippen LogP contribution in [-0.4, -0.2) is 16.7 Å². The van der Waals surface area contributed by atoms with Gasteiger partial charge in [-0.2, -0.15) is 0 Å². The Morgan fingerprint density at radius 1 is 1.39 bits per heavy atom. The van der Waals surface area contributed by atoms with Crippen LogP contribution < -0.4 is 0 Å². The topological polar surface area (TPSA) is 54.4 Å². The minimum Gasteiger partial charge on any atom is -0.507 e. The Hall–Kier alpha value is -1.64. The van der Waals surface area contributed by atoms with Gasteiger partial charge in [-0.25, -0.2) is 0 Å². The van der Waals surface area contributed by atoms with E-state index in [0.717, 1.165) is 12.8 Å². The summed E-state index contributed by atoms with van der Waals surface area (Å²) in [4.78, 5) is 23.3. The third kappa shape index (κ3) is 3.19. The molecule has 0 bridgehead atoms. The minimum atomic E-state index is -0.567. The van der Waals surface area contributed by atoms with Crippen LogP contribution in [0.1, 0.15) is 40.5 Å². The molecule has 0 saturated carbocycles. The molecule has 0 heterocycles. The lowest BCUT2D eigenvalue weighted by molar-refractivity contribution is -0.132. The quantitative estimate of drug-likeness (QED) is 0.472. The third-order valence-electron chi connectivity index (χ3n) is 3.09. The molecule has 3 heteroatoms. The number of rotatable bonds is 4. The SMILES string of the molecule is CC(C)=CCCC(C)C1=C(O)C(C)=CC(=O)C1=O. The highest BCUT2D eigenvalue weighted by molar-refractivity contribution is 6.48. The van der Waals surface area contributed by atoms with Crippen molar-refractivity contribution in [1.29, 1.82) is 0 Å². The van der Waals surface area contributed by atoms with Crippen molar-refractivity contribution in [2.24, 2.45) is 5.92 Å². The number of carbonyl (C=O) groups is 2. The van der Waals surface area contributed by atoms with E-state index in [1.807, 2.05) is 20.8 Å². The van der Waals surface area contributed by atoms with E-state index in [0.29, 0.717) is 5.57 Å². The number of allylic oxidation sites excluding steroid dienone is 5. The lowest BCUT2D eigenvalue weighted by Crippen LogP contribution is -2.24. The largest absolute Gasteiger partial charge is 0.507 e. The van der Waals surface area contributed by atoms with Gasteiger partial charge in [-0.15, -0.1) is 0 Å². The first kappa shape index (κ1) is 14.4. The first-order chi connectivity index (χ1) is 8.34. The van der Waals surface area contributed by atoms with E-state index in [2.05, 4.69) is 6.08 Å². The number of hydrogen-bond donors (Lipinski definition) is 1. The number of carbonyl (C=O) groups excluding carboxylic acids is 2. The molecule has 0 aromatic rings. The molecule has 1 aliphatic carbocycles. The molecular weight excluding hydrogens is 228 g/mol. The van der Waals surface area contributed by atoms with Gasteiger partial charge in [-0.1, -0.05) is 18.6 Å². The molecule has 0 aliphatic heterocycles. The van der Waals surface area contributed by atoms with Crippen molar-refractivity contribution in [2.75, 3.05) is 0 Å². The van der Waals surface area contributed by atoms with Gasteiger partial charge in [-0.3, -0.25) is 9.59 Å². The highest BCUT2D eigenvalue weighted by atomic mass is 16.3. The van der Waals surface area contributed by atoms with Gasteiger partial charge in [0.1, 0.15) is 5.76 Å². The van der Waals surface area contributed by atoms with Crippen molar-refractivity contribution in [2.45, 2.75) is 40.5 Å². The zero-order chi connectivity index (χ0) is 13.9. The maximum absolute atomic E-state index is 11.8.